The van der Waals surface area contributed by atoms with Crippen LogP contribution in [0, 0.1) is 0 Å². The summed E-state index contributed by atoms with van der Waals surface area (Å²) in [4.78, 5) is 19.3. The number of hydrogen-bond acceptors (Lipinski definition) is 5. The van der Waals surface area contributed by atoms with Crippen molar-refractivity contribution in [3.05, 3.63) is 54.0 Å². The number of carbonyl (C=O) groups is 1. The Balaban J connectivity index is 1.45. The van der Waals surface area contributed by atoms with Crippen LogP contribution < -0.4 is 0 Å². The van der Waals surface area contributed by atoms with Gasteiger partial charge in [0.15, 0.2) is 0 Å². The second kappa shape index (κ2) is 6.32. The topological polar surface area (TPSA) is 60.2 Å². The molecule has 1 aliphatic heterocycles. The first-order valence-corrected chi connectivity index (χ1v) is 9.23. The van der Waals surface area contributed by atoms with Crippen molar-refractivity contribution in [1.82, 2.24) is 19.1 Å². The van der Waals surface area contributed by atoms with Gasteiger partial charge in [-0.05, 0) is 45.0 Å². The minimum absolute atomic E-state index is 0.295. The summed E-state index contributed by atoms with van der Waals surface area (Å²) in [6, 6.07) is 10.1. The molecule has 0 saturated heterocycles. The lowest BCUT2D eigenvalue weighted by molar-refractivity contribution is 0.0239. The third-order valence-electron chi connectivity index (χ3n) is 3.98. The molecule has 1 aromatic carbocycles. The molecule has 0 N–H and O–H groups in total. The third kappa shape index (κ3) is 3.53. The van der Waals surface area contributed by atoms with Crippen molar-refractivity contribution in [1.29, 1.82) is 0 Å². The molecule has 0 unspecified atom stereocenters. The van der Waals surface area contributed by atoms with E-state index in [1.807, 2.05) is 55.3 Å². The first kappa shape index (κ1) is 16.9. The van der Waals surface area contributed by atoms with Crippen LogP contribution in [0.25, 0.3) is 10.9 Å². The van der Waals surface area contributed by atoms with E-state index < -0.39 is 5.60 Å². The molecule has 2 aromatic heterocycles. The molecule has 0 bridgehead atoms. The van der Waals surface area contributed by atoms with Crippen LogP contribution in [0.4, 0.5) is 4.79 Å². The molecule has 0 aliphatic carbocycles. The van der Waals surface area contributed by atoms with Crippen LogP contribution >= 0.6 is 11.9 Å². The molecular weight excluding hydrogens is 348 g/mol. The second-order valence-corrected chi connectivity index (χ2v) is 8.32. The molecule has 6 nitrogen and oxygen atoms in total. The van der Waals surface area contributed by atoms with E-state index in [0.717, 1.165) is 27.1 Å². The molecule has 0 spiro atoms. The normalized spacial score (nSPS) is 13.9. The zero-order chi connectivity index (χ0) is 18.3. The van der Waals surface area contributed by atoms with Gasteiger partial charge in [0, 0.05) is 40.2 Å². The fourth-order valence-corrected chi connectivity index (χ4v) is 3.69. The van der Waals surface area contributed by atoms with Crippen molar-refractivity contribution in [2.45, 2.75) is 44.4 Å². The zero-order valence-corrected chi connectivity index (χ0v) is 15.8. The van der Waals surface area contributed by atoms with Crippen LogP contribution in [-0.4, -0.2) is 30.8 Å². The molecule has 7 heteroatoms. The highest BCUT2D eigenvalue weighted by Crippen LogP contribution is 2.28. The van der Waals surface area contributed by atoms with E-state index in [9.17, 15) is 4.79 Å². The summed E-state index contributed by atoms with van der Waals surface area (Å²) in [6.07, 6.45) is 3.48. The summed E-state index contributed by atoms with van der Waals surface area (Å²) in [5, 5.41) is 5.71. The first-order chi connectivity index (χ1) is 12.4. The monoisotopic (exact) mass is 368 g/mol. The van der Waals surface area contributed by atoms with E-state index >= 15 is 0 Å². The summed E-state index contributed by atoms with van der Waals surface area (Å²) in [5.41, 5.74) is 2.47. The Hall–Kier alpha value is -2.54. The highest BCUT2D eigenvalue weighted by molar-refractivity contribution is 7.97. The zero-order valence-electron chi connectivity index (χ0n) is 15.0. The Labute approximate surface area is 156 Å². The second-order valence-electron chi connectivity index (χ2n) is 7.29. The van der Waals surface area contributed by atoms with Crippen molar-refractivity contribution >= 4 is 28.9 Å². The Morgan fingerprint density at radius 2 is 2.08 bits per heavy atom. The molecule has 134 valence electrons. The molecule has 0 atom stereocenters. The van der Waals surface area contributed by atoms with Crippen LogP contribution in [0.5, 0.6) is 0 Å². The summed E-state index contributed by atoms with van der Waals surface area (Å²) < 4.78 is 7.29. The number of rotatable bonds is 2. The number of aromatic nitrogens is 3. The van der Waals surface area contributed by atoms with Crippen LogP contribution in [0.3, 0.4) is 0 Å². The quantitative estimate of drug-likeness (QED) is 0.677. The van der Waals surface area contributed by atoms with Crippen molar-refractivity contribution in [3.8, 4) is 0 Å². The van der Waals surface area contributed by atoms with Gasteiger partial charge < -0.3 is 4.74 Å². The first-order valence-electron chi connectivity index (χ1n) is 8.46. The van der Waals surface area contributed by atoms with Gasteiger partial charge in [-0.15, -0.1) is 0 Å². The van der Waals surface area contributed by atoms with Crippen LogP contribution in [0.2, 0.25) is 0 Å². The van der Waals surface area contributed by atoms with E-state index in [2.05, 4.69) is 16.1 Å². The van der Waals surface area contributed by atoms with Crippen molar-refractivity contribution in [3.63, 3.8) is 0 Å². The Morgan fingerprint density at radius 3 is 2.85 bits per heavy atom. The van der Waals surface area contributed by atoms with Crippen LogP contribution in [-0.2, 0) is 17.8 Å². The fourth-order valence-electron chi connectivity index (χ4n) is 2.85. The Kier molecular flexibility index (Phi) is 4.11. The van der Waals surface area contributed by atoms with Gasteiger partial charge in [-0.25, -0.2) is 8.88 Å². The summed E-state index contributed by atoms with van der Waals surface area (Å²) >= 11 is 1.55. The number of amides is 1. The molecule has 26 heavy (non-hydrogen) atoms. The van der Waals surface area contributed by atoms with Gasteiger partial charge in [-0.3, -0.25) is 9.88 Å². The maximum atomic E-state index is 12.2. The van der Waals surface area contributed by atoms with Crippen molar-refractivity contribution in [2.75, 3.05) is 0 Å². The molecule has 0 radical (unpaired) electrons. The smallest absolute Gasteiger partial charge is 0.410 e. The summed E-state index contributed by atoms with van der Waals surface area (Å²) in [6.45, 7) is 6.63. The predicted octanol–water partition coefficient (Wildman–Crippen LogP) is 4.24. The molecule has 0 saturated carbocycles. The molecule has 1 amide bonds. The number of carbonyl (C=O) groups excluding carboxylic acids is 1. The van der Waals surface area contributed by atoms with Gasteiger partial charge in [0.05, 0.1) is 24.3 Å². The average molecular weight is 368 g/mol. The summed E-state index contributed by atoms with van der Waals surface area (Å²) in [7, 11) is 0. The van der Waals surface area contributed by atoms with E-state index in [1.54, 1.807) is 23.0 Å². The molecule has 1 aliphatic rings. The molecule has 3 heterocycles. The minimum Gasteiger partial charge on any atom is -0.444 e. The van der Waals surface area contributed by atoms with E-state index in [0.29, 0.717) is 13.1 Å². The minimum atomic E-state index is -0.488. The maximum Gasteiger partial charge on any atom is 0.410 e. The SMILES string of the molecule is CC(C)(C)OC(=O)N1Cc2cn(Sc3ccc4ncccc4c3)nc2C1. The van der Waals surface area contributed by atoms with Gasteiger partial charge in [0.25, 0.3) is 0 Å². The molecular formula is C19H20N4O2S. The lowest BCUT2D eigenvalue weighted by Gasteiger charge is -2.24. The Morgan fingerprint density at radius 1 is 1.23 bits per heavy atom. The summed E-state index contributed by atoms with van der Waals surface area (Å²) in [5.74, 6) is 0. The lowest BCUT2D eigenvalue weighted by atomic mass is 10.2. The van der Waals surface area contributed by atoms with E-state index in [-0.39, 0.29) is 6.09 Å². The number of benzene rings is 1. The number of ether oxygens (including phenoxy) is 1. The third-order valence-corrected chi connectivity index (χ3v) is 4.82. The van der Waals surface area contributed by atoms with Gasteiger partial charge >= 0.3 is 6.09 Å². The van der Waals surface area contributed by atoms with Crippen molar-refractivity contribution in [2.24, 2.45) is 0 Å². The maximum absolute atomic E-state index is 12.2. The number of nitrogens with zero attached hydrogens (tertiary/aromatic N) is 4. The largest absolute Gasteiger partial charge is 0.444 e. The highest BCUT2D eigenvalue weighted by Gasteiger charge is 2.30. The Bertz CT molecular complexity index is 954. The number of hydrogen-bond donors (Lipinski definition) is 0. The molecule has 4 rings (SSSR count). The van der Waals surface area contributed by atoms with Gasteiger partial charge in [0.2, 0.25) is 0 Å². The van der Waals surface area contributed by atoms with Gasteiger partial charge in [-0.1, -0.05) is 6.07 Å². The highest BCUT2D eigenvalue weighted by atomic mass is 32.2. The lowest BCUT2D eigenvalue weighted by Crippen LogP contribution is -2.33. The van der Waals surface area contributed by atoms with Gasteiger partial charge in [-0.2, -0.15) is 5.10 Å². The van der Waals surface area contributed by atoms with Crippen molar-refractivity contribution < 1.29 is 9.53 Å². The van der Waals surface area contributed by atoms with E-state index in [1.165, 1.54) is 0 Å². The van der Waals surface area contributed by atoms with Crippen LogP contribution in [0.15, 0.2) is 47.6 Å². The van der Waals surface area contributed by atoms with E-state index in [4.69, 9.17) is 4.74 Å². The standard InChI is InChI=1S/C19H20N4O2S/c1-19(2,3)25-18(24)22-10-14-11-23(21-17(14)12-22)26-15-6-7-16-13(9-15)5-4-8-20-16/h4-9,11H,10,12H2,1-3H3. The fraction of sp³-hybridized carbons (Fsp3) is 0.316. The van der Waals surface area contributed by atoms with Crippen LogP contribution in [0.1, 0.15) is 32.0 Å². The average Bonchev–Trinajstić information content (AvgIpc) is 3.11. The predicted molar refractivity (Wildman–Crippen MR) is 101 cm³/mol. The number of pyridine rings is 1. The molecule has 3 aromatic rings. The molecule has 0 fully saturated rings. The number of fused-ring (bicyclic) bond motifs is 2. The van der Waals surface area contributed by atoms with Gasteiger partial charge in [0.1, 0.15) is 5.60 Å².